The molecular formula is C23H21NO. The van der Waals surface area contributed by atoms with Crippen molar-refractivity contribution >= 4 is 28.0 Å². The Labute approximate surface area is 147 Å². The molecule has 0 radical (unpaired) electrons. The van der Waals surface area contributed by atoms with Crippen LogP contribution in [-0.4, -0.2) is 11.3 Å². The summed E-state index contributed by atoms with van der Waals surface area (Å²) in [4.78, 5) is 15.3. The van der Waals surface area contributed by atoms with Crippen LogP contribution in [0.2, 0.25) is 0 Å². The Balaban J connectivity index is 1.95. The Morgan fingerprint density at radius 3 is 2.24 bits per heavy atom. The zero-order valence-corrected chi connectivity index (χ0v) is 14.8. The van der Waals surface area contributed by atoms with Crippen LogP contribution in [0.3, 0.4) is 0 Å². The smallest absolute Gasteiger partial charge is 0.152 e. The van der Waals surface area contributed by atoms with Crippen molar-refractivity contribution < 1.29 is 4.79 Å². The number of aldehydes is 1. The average molecular weight is 327 g/mol. The molecule has 4 aromatic rings. The second-order valence-corrected chi connectivity index (χ2v) is 7.57. The molecule has 0 saturated carbocycles. The van der Waals surface area contributed by atoms with E-state index in [0.29, 0.717) is 0 Å². The summed E-state index contributed by atoms with van der Waals surface area (Å²) in [6.07, 6.45) is 0.959. The third-order valence-electron chi connectivity index (χ3n) is 4.90. The van der Waals surface area contributed by atoms with Gasteiger partial charge in [-0.2, -0.15) is 0 Å². The molecule has 0 bridgehead atoms. The number of nitrogens with one attached hydrogen (secondary N) is 1. The van der Waals surface area contributed by atoms with E-state index >= 15 is 0 Å². The van der Waals surface area contributed by atoms with Crippen molar-refractivity contribution in [1.82, 2.24) is 4.98 Å². The topological polar surface area (TPSA) is 32.9 Å². The number of hydrogen-bond acceptors (Lipinski definition) is 1. The van der Waals surface area contributed by atoms with E-state index in [1.54, 1.807) is 0 Å². The van der Waals surface area contributed by atoms with Gasteiger partial charge in [-0.15, -0.1) is 0 Å². The summed E-state index contributed by atoms with van der Waals surface area (Å²) in [5.41, 5.74) is 5.07. The highest BCUT2D eigenvalue weighted by molar-refractivity contribution is 6.14. The van der Waals surface area contributed by atoms with Crippen LogP contribution in [0.25, 0.3) is 32.9 Å². The van der Waals surface area contributed by atoms with E-state index in [1.807, 2.05) is 18.2 Å². The molecule has 0 aliphatic carbocycles. The number of fused-ring (bicyclic) bond motifs is 3. The van der Waals surface area contributed by atoms with Gasteiger partial charge in [0.05, 0.1) is 11.2 Å². The standard InChI is InChI=1S/C23H21NO/c1-23(2,3)17-11-8-16(9-12-17)21-20(14-25)19-13-10-15-6-4-5-7-18(15)22(19)24-21/h4-14,24H,1-3H3. The number of hydrogen-bond donors (Lipinski definition) is 1. The van der Waals surface area contributed by atoms with Gasteiger partial charge in [0.1, 0.15) is 0 Å². The predicted molar refractivity (Wildman–Crippen MR) is 105 cm³/mol. The van der Waals surface area contributed by atoms with E-state index in [-0.39, 0.29) is 5.41 Å². The van der Waals surface area contributed by atoms with Gasteiger partial charge < -0.3 is 4.98 Å². The second-order valence-electron chi connectivity index (χ2n) is 7.57. The molecule has 0 fully saturated rings. The molecule has 4 rings (SSSR count). The molecule has 1 aromatic heterocycles. The molecule has 0 unspecified atom stereocenters. The van der Waals surface area contributed by atoms with Gasteiger partial charge in [0, 0.05) is 16.3 Å². The zero-order chi connectivity index (χ0) is 17.6. The van der Waals surface area contributed by atoms with Crippen molar-refractivity contribution in [3.05, 3.63) is 71.8 Å². The predicted octanol–water partition coefficient (Wildman–Crippen LogP) is 6.10. The van der Waals surface area contributed by atoms with Crippen LogP contribution in [0, 0.1) is 0 Å². The van der Waals surface area contributed by atoms with Gasteiger partial charge in [-0.05, 0) is 21.9 Å². The number of carbonyl (C=O) groups is 1. The minimum atomic E-state index is 0.114. The molecule has 1 heterocycles. The number of H-pyrrole nitrogens is 1. The van der Waals surface area contributed by atoms with Crippen LogP contribution < -0.4 is 0 Å². The molecule has 25 heavy (non-hydrogen) atoms. The second kappa shape index (κ2) is 5.59. The Morgan fingerprint density at radius 2 is 1.56 bits per heavy atom. The van der Waals surface area contributed by atoms with Crippen LogP contribution >= 0.6 is 0 Å². The fourth-order valence-electron chi connectivity index (χ4n) is 3.44. The lowest BCUT2D eigenvalue weighted by atomic mass is 9.86. The van der Waals surface area contributed by atoms with E-state index in [1.165, 1.54) is 10.9 Å². The van der Waals surface area contributed by atoms with E-state index in [9.17, 15) is 4.79 Å². The fourth-order valence-corrected chi connectivity index (χ4v) is 3.44. The lowest BCUT2D eigenvalue weighted by Gasteiger charge is -2.19. The van der Waals surface area contributed by atoms with Crippen LogP contribution in [-0.2, 0) is 5.41 Å². The van der Waals surface area contributed by atoms with Crippen molar-refractivity contribution in [2.24, 2.45) is 0 Å². The van der Waals surface area contributed by atoms with Crippen molar-refractivity contribution in [1.29, 1.82) is 0 Å². The molecule has 2 nitrogen and oxygen atoms in total. The molecule has 0 spiro atoms. The van der Waals surface area contributed by atoms with Crippen LogP contribution in [0.15, 0.2) is 60.7 Å². The van der Waals surface area contributed by atoms with Crippen LogP contribution in [0.4, 0.5) is 0 Å². The molecule has 3 aromatic carbocycles. The van der Waals surface area contributed by atoms with Gasteiger partial charge in [0.2, 0.25) is 0 Å². The minimum absolute atomic E-state index is 0.114. The largest absolute Gasteiger partial charge is 0.353 e. The number of aromatic amines is 1. The summed E-state index contributed by atoms with van der Waals surface area (Å²) in [6.45, 7) is 6.61. The van der Waals surface area contributed by atoms with Gasteiger partial charge in [0.15, 0.2) is 6.29 Å². The lowest BCUT2D eigenvalue weighted by Crippen LogP contribution is -2.10. The lowest BCUT2D eigenvalue weighted by molar-refractivity contribution is 0.112. The first-order chi connectivity index (χ1) is 12.0. The van der Waals surface area contributed by atoms with E-state index in [2.05, 4.69) is 68.2 Å². The molecule has 0 aliphatic rings. The molecule has 0 aliphatic heterocycles. The zero-order valence-electron chi connectivity index (χ0n) is 14.8. The van der Waals surface area contributed by atoms with E-state index in [4.69, 9.17) is 0 Å². The number of benzene rings is 3. The summed E-state index contributed by atoms with van der Waals surface area (Å²) in [6, 6.07) is 20.8. The van der Waals surface area contributed by atoms with Crippen LogP contribution in [0.1, 0.15) is 36.7 Å². The molecule has 0 atom stereocenters. The summed E-state index contributed by atoms with van der Waals surface area (Å²) in [5.74, 6) is 0. The summed E-state index contributed by atoms with van der Waals surface area (Å²) >= 11 is 0. The van der Waals surface area contributed by atoms with Gasteiger partial charge in [0.25, 0.3) is 0 Å². The van der Waals surface area contributed by atoms with Gasteiger partial charge in [-0.25, -0.2) is 0 Å². The van der Waals surface area contributed by atoms with Gasteiger partial charge >= 0.3 is 0 Å². The average Bonchev–Trinajstić information content (AvgIpc) is 3.00. The van der Waals surface area contributed by atoms with E-state index < -0.39 is 0 Å². The van der Waals surface area contributed by atoms with E-state index in [0.717, 1.165) is 39.4 Å². The van der Waals surface area contributed by atoms with Crippen LogP contribution in [0.5, 0.6) is 0 Å². The molecule has 0 saturated heterocycles. The normalized spacial score (nSPS) is 12.0. The quantitative estimate of drug-likeness (QED) is 0.443. The molecule has 2 heteroatoms. The maximum Gasteiger partial charge on any atom is 0.152 e. The highest BCUT2D eigenvalue weighted by Crippen LogP contribution is 2.34. The SMILES string of the molecule is CC(C)(C)c1ccc(-c2[nH]c3c(ccc4ccccc43)c2C=O)cc1. The highest BCUT2D eigenvalue weighted by Gasteiger charge is 2.16. The molecular weight excluding hydrogens is 306 g/mol. The maximum atomic E-state index is 11.8. The summed E-state index contributed by atoms with van der Waals surface area (Å²) in [5, 5.41) is 3.28. The molecule has 124 valence electrons. The Morgan fingerprint density at radius 1 is 0.840 bits per heavy atom. The van der Waals surface area contributed by atoms with Crippen molar-refractivity contribution in [2.75, 3.05) is 0 Å². The Bertz CT molecular complexity index is 1080. The molecule has 0 amide bonds. The number of rotatable bonds is 2. The number of aromatic nitrogens is 1. The van der Waals surface area contributed by atoms with Gasteiger partial charge in [-0.1, -0.05) is 81.4 Å². The Kier molecular flexibility index (Phi) is 3.50. The summed E-state index contributed by atoms with van der Waals surface area (Å²) in [7, 11) is 0. The highest BCUT2D eigenvalue weighted by atomic mass is 16.1. The first-order valence-electron chi connectivity index (χ1n) is 8.58. The first-order valence-corrected chi connectivity index (χ1v) is 8.58. The monoisotopic (exact) mass is 327 g/mol. The molecule has 1 N–H and O–H groups in total. The number of carbonyl (C=O) groups excluding carboxylic acids is 1. The van der Waals surface area contributed by atoms with Crippen molar-refractivity contribution in [3.8, 4) is 11.3 Å². The third kappa shape index (κ3) is 2.54. The fraction of sp³-hybridized carbons (Fsp3) is 0.174. The van der Waals surface area contributed by atoms with Gasteiger partial charge in [-0.3, -0.25) is 4.79 Å². The first kappa shape index (κ1) is 15.6. The van der Waals surface area contributed by atoms with Crippen molar-refractivity contribution in [3.63, 3.8) is 0 Å². The minimum Gasteiger partial charge on any atom is -0.353 e. The van der Waals surface area contributed by atoms with Crippen molar-refractivity contribution in [2.45, 2.75) is 26.2 Å². The summed E-state index contributed by atoms with van der Waals surface area (Å²) < 4.78 is 0. The Hall–Kier alpha value is -2.87. The maximum absolute atomic E-state index is 11.8. The third-order valence-corrected chi connectivity index (χ3v) is 4.90.